The minimum absolute atomic E-state index is 0.00881. The van der Waals surface area contributed by atoms with Gasteiger partial charge in [0.2, 0.25) is 5.91 Å². The fourth-order valence-electron chi connectivity index (χ4n) is 3.59. The highest BCUT2D eigenvalue weighted by atomic mass is 19.1. The Morgan fingerprint density at radius 3 is 2.71 bits per heavy atom. The van der Waals surface area contributed by atoms with Crippen LogP contribution in [0.25, 0.3) is 0 Å². The van der Waals surface area contributed by atoms with E-state index in [9.17, 15) is 14.3 Å². The Bertz CT molecular complexity index is 785. The zero-order chi connectivity index (χ0) is 19.9. The van der Waals surface area contributed by atoms with Crippen molar-refractivity contribution in [1.29, 1.82) is 0 Å². The molecule has 0 saturated carbocycles. The van der Waals surface area contributed by atoms with Gasteiger partial charge in [-0.25, -0.2) is 4.39 Å². The van der Waals surface area contributed by atoms with Crippen LogP contribution in [0.4, 0.5) is 10.1 Å². The number of hydrogen-bond acceptors (Lipinski definition) is 4. The number of carbonyl (C=O) groups excluding carboxylic acids is 1. The summed E-state index contributed by atoms with van der Waals surface area (Å²) in [7, 11) is 1.60. The molecule has 0 fully saturated rings. The maximum atomic E-state index is 13.9. The van der Waals surface area contributed by atoms with E-state index >= 15 is 0 Å². The number of anilines is 1. The number of hydrogen-bond donors (Lipinski definition) is 1. The molecule has 2 aromatic rings. The van der Waals surface area contributed by atoms with Gasteiger partial charge in [-0.2, -0.15) is 0 Å². The third-order valence-electron chi connectivity index (χ3n) is 5.00. The fraction of sp³-hybridized carbons (Fsp3) is 0.409. The molecule has 28 heavy (non-hydrogen) atoms. The first-order valence-corrected chi connectivity index (χ1v) is 9.59. The lowest BCUT2D eigenvalue weighted by Gasteiger charge is -2.34. The Morgan fingerprint density at radius 1 is 1.18 bits per heavy atom. The first-order chi connectivity index (χ1) is 13.6. The number of β-amino-alcohol motifs (C(OH)–C–C–N with tert-alkyl or cyclic N) is 1. The smallest absolute Gasteiger partial charge is 0.224 e. The van der Waals surface area contributed by atoms with Crippen molar-refractivity contribution in [2.75, 3.05) is 38.3 Å². The van der Waals surface area contributed by atoms with Gasteiger partial charge in [-0.3, -0.25) is 4.79 Å². The van der Waals surface area contributed by atoms with Crippen molar-refractivity contribution in [1.82, 2.24) is 4.90 Å². The number of aliphatic hydroxyl groups is 1. The first-order valence-electron chi connectivity index (χ1n) is 9.59. The first kappa shape index (κ1) is 20.3. The van der Waals surface area contributed by atoms with Crippen molar-refractivity contribution in [3.05, 3.63) is 65.5 Å². The number of carbonyl (C=O) groups is 1. The highest BCUT2D eigenvalue weighted by molar-refractivity contribution is 5.78. The molecule has 150 valence electrons. The van der Waals surface area contributed by atoms with Crippen LogP contribution in [0.5, 0.6) is 0 Å². The summed E-state index contributed by atoms with van der Waals surface area (Å²) in [6.07, 6.45) is 0.291. The Kier molecular flexibility index (Phi) is 7.01. The topological polar surface area (TPSA) is 53.0 Å². The highest BCUT2D eigenvalue weighted by Gasteiger charge is 2.24. The molecular formula is C22H27FN2O3. The van der Waals surface area contributed by atoms with Gasteiger partial charge in [0.15, 0.2) is 0 Å². The molecule has 2 aromatic carbocycles. The SMILES string of the molecule is COCCN1Cc2cc(F)ccc2N(CC(O)Cc2ccccc2)CCC1=O. The molecule has 3 rings (SSSR count). The number of halogens is 1. The summed E-state index contributed by atoms with van der Waals surface area (Å²) < 4.78 is 19.0. The van der Waals surface area contributed by atoms with Crippen LogP contribution in [-0.2, 0) is 22.5 Å². The Balaban J connectivity index is 1.78. The largest absolute Gasteiger partial charge is 0.391 e. The van der Waals surface area contributed by atoms with Gasteiger partial charge in [0, 0.05) is 51.8 Å². The van der Waals surface area contributed by atoms with Gasteiger partial charge < -0.3 is 19.6 Å². The van der Waals surface area contributed by atoms with Crippen LogP contribution in [0.2, 0.25) is 0 Å². The summed E-state index contributed by atoms with van der Waals surface area (Å²) in [5.41, 5.74) is 2.67. The Labute approximate surface area is 165 Å². The van der Waals surface area contributed by atoms with E-state index in [4.69, 9.17) is 4.74 Å². The summed E-state index contributed by atoms with van der Waals surface area (Å²) in [6.45, 7) is 2.12. The van der Waals surface area contributed by atoms with Crippen LogP contribution < -0.4 is 4.90 Å². The average Bonchev–Trinajstić information content (AvgIpc) is 2.68. The maximum absolute atomic E-state index is 13.9. The minimum Gasteiger partial charge on any atom is -0.391 e. The molecule has 1 aliphatic heterocycles. The summed E-state index contributed by atoms with van der Waals surface area (Å²) in [4.78, 5) is 16.3. The van der Waals surface area contributed by atoms with E-state index in [2.05, 4.69) is 0 Å². The number of methoxy groups -OCH3 is 1. The zero-order valence-electron chi connectivity index (χ0n) is 16.2. The molecule has 5 nitrogen and oxygen atoms in total. The lowest BCUT2D eigenvalue weighted by Crippen LogP contribution is -2.42. The van der Waals surface area contributed by atoms with Crippen molar-refractivity contribution in [3.63, 3.8) is 0 Å². The second kappa shape index (κ2) is 9.66. The quantitative estimate of drug-likeness (QED) is 0.795. The molecule has 1 amide bonds. The third-order valence-corrected chi connectivity index (χ3v) is 5.00. The van der Waals surface area contributed by atoms with E-state index in [0.29, 0.717) is 45.6 Å². The van der Waals surface area contributed by atoms with E-state index in [1.165, 1.54) is 12.1 Å². The average molecular weight is 386 g/mol. The van der Waals surface area contributed by atoms with Crippen LogP contribution in [0.1, 0.15) is 17.5 Å². The Morgan fingerprint density at radius 2 is 1.96 bits per heavy atom. The number of rotatable bonds is 7. The van der Waals surface area contributed by atoms with E-state index in [1.54, 1.807) is 18.1 Å². The lowest BCUT2D eigenvalue weighted by atomic mass is 10.0. The molecule has 1 atom stereocenters. The molecule has 0 saturated heterocycles. The van der Waals surface area contributed by atoms with Gasteiger partial charge in [0.1, 0.15) is 5.82 Å². The minimum atomic E-state index is -0.584. The predicted molar refractivity (Wildman–Crippen MR) is 107 cm³/mol. The van der Waals surface area contributed by atoms with Crippen molar-refractivity contribution in [3.8, 4) is 0 Å². The van der Waals surface area contributed by atoms with Crippen molar-refractivity contribution in [2.45, 2.75) is 25.5 Å². The van der Waals surface area contributed by atoms with E-state index < -0.39 is 6.10 Å². The summed E-state index contributed by atoms with van der Waals surface area (Å²) >= 11 is 0. The van der Waals surface area contributed by atoms with Crippen LogP contribution in [-0.4, -0.2) is 55.4 Å². The molecule has 1 unspecified atom stereocenters. The molecule has 0 aliphatic carbocycles. The molecular weight excluding hydrogens is 359 g/mol. The monoisotopic (exact) mass is 386 g/mol. The predicted octanol–water partition coefficient (Wildman–Crippen LogP) is 2.61. The number of benzene rings is 2. The summed E-state index contributed by atoms with van der Waals surface area (Å²) in [6, 6.07) is 14.5. The van der Waals surface area contributed by atoms with Crippen LogP contribution in [0.15, 0.2) is 48.5 Å². The third kappa shape index (κ3) is 5.30. The Hall–Kier alpha value is -2.44. The van der Waals surface area contributed by atoms with Gasteiger partial charge in [0.05, 0.1) is 12.7 Å². The van der Waals surface area contributed by atoms with E-state index in [-0.39, 0.29) is 11.7 Å². The fourth-order valence-corrected chi connectivity index (χ4v) is 3.59. The normalized spacial score (nSPS) is 15.8. The van der Waals surface area contributed by atoms with Gasteiger partial charge in [0.25, 0.3) is 0 Å². The van der Waals surface area contributed by atoms with Crippen molar-refractivity contribution < 1.29 is 19.0 Å². The molecule has 1 aliphatic rings. The van der Waals surface area contributed by atoms with E-state index in [0.717, 1.165) is 16.8 Å². The van der Waals surface area contributed by atoms with E-state index in [1.807, 2.05) is 35.2 Å². The molecule has 6 heteroatoms. The van der Waals surface area contributed by atoms with Crippen LogP contribution >= 0.6 is 0 Å². The molecule has 1 N–H and O–H groups in total. The maximum Gasteiger partial charge on any atom is 0.224 e. The summed E-state index contributed by atoms with van der Waals surface area (Å²) in [5, 5.41) is 10.6. The van der Waals surface area contributed by atoms with Gasteiger partial charge in [-0.15, -0.1) is 0 Å². The lowest BCUT2D eigenvalue weighted by molar-refractivity contribution is -0.132. The highest BCUT2D eigenvalue weighted by Crippen LogP contribution is 2.26. The number of nitrogens with zero attached hydrogens (tertiary/aromatic N) is 2. The molecule has 0 radical (unpaired) electrons. The number of amides is 1. The van der Waals surface area contributed by atoms with Gasteiger partial charge in [-0.1, -0.05) is 30.3 Å². The number of fused-ring (bicyclic) bond motifs is 1. The standard InChI is InChI=1S/C22H27FN2O3/c1-28-12-11-25-15-18-14-19(23)7-8-21(18)24(10-9-22(25)27)16-20(26)13-17-5-3-2-4-6-17/h2-8,14,20,26H,9-13,15-16H2,1H3. The molecule has 0 aromatic heterocycles. The van der Waals surface area contributed by atoms with Gasteiger partial charge in [-0.05, 0) is 29.3 Å². The number of aliphatic hydroxyl groups excluding tert-OH is 1. The second-order valence-electron chi connectivity index (χ2n) is 7.12. The molecule has 0 bridgehead atoms. The summed E-state index contributed by atoms with van der Waals surface area (Å²) in [5.74, 6) is -0.322. The van der Waals surface area contributed by atoms with Crippen molar-refractivity contribution in [2.24, 2.45) is 0 Å². The second-order valence-corrected chi connectivity index (χ2v) is 7.12. The molecule has 1 heterocycles. The zero-order valence-corrected chi connectivity index (χ0v) is 16.2. The van der Waals surface area contributed by atoms with Gasteiger partial charge >= 0.3 is 0 Å². The number of ether oxygens (including phenoxy) is 1. The van der Waals surface area contributed by atoms with Crippen molar-refractivity contribution >= 4 is 11.6 Å². The van der Waals surface area contributed by atoms with Crippen LogP contribution in [0, 0.1) is 5.82 Å². The molecule has 0 spiro atoms. The van der Waals surface area contributed by atoms with Crippen LogP contribution in [0.3, 0.4) is 0 Å².